The lowest BCUT2D eigenvalue weighted by Gasteiger charge is -2.39. The SMILES string of the molecule is COc1ccccc1C1(CCCOCCCC2(c3ccccc3OC)C=CC=CC2OC)C=CC=CC1OC. The topological polar surface area (TPSA) is 46.2 Å². The Morgan fingerprint density at radius 1 is 0.590 bits per heavy atom. The van der Waals surface area contributed by atoms with Gasteiger partial charge in [0.15, 0.2) is 0 Å². The number of hydrogen-bond acceptors (Lipinski definition) is 5. The zero-order valence-corrected chi connectivity index (χ0v) is 23.7. The molecule has 4 unspecified atom stereocenters. The Morgan fingerprint density at radius 3 is 1.44 bits per heavy atom. The normalized spacial score (nSPS) is 25.6. The van der Waals surface area contributed by atoms with Crippen molar-refractivity contribution in [3.63, 3.8) is 0 Å². The van der Waals surface area contributed by atoms with E-state index in [0.29, 0.717) is 13.2 Å². The molecule has 2 aromatic rings. The van der Waals surface area contributed by atoms with Gasteiger partial charge in [0, 0.05) is 49.4 Å². The first kappa shape index (κ1) is 28.9. The minimum Gasteiger partial charge on any atom is -0.496 e. The Hall–Kier alpha value is -3.12. The molecule has 0 saturated carbocycles. The number of para-hydroxylation sites is 2. The number of benzene rings is 2. The van der Waals surface area contributed by atoms with Gasteiger partial charge in [0.1, 0.15) is 11.5 Å². The molecule has 5 nitrogen and oxygen atoms in total. The first-order chi connectivity index (χ1) is 19.1. The predicted octanol–water partition coefficient (Wildman–Crippen LogP) is 6.74. The molecule has 0 spiro atoms. The van der Waals surface area contributed by atoms with E-state index in [9.17, 15) is 0 Å². The third kappa shape index (κ3) is 6.06. The van der Waals surface area contributed by atoms with Crippen LogP contribution in [0.15, 0.2) is 97.1 Å². The minimum atomic E-state index is -0.307. The maximum absolute atomic E-state index is 6.20. The molecule has 0 aliphatic heterocycles. The van der Waals surface area contributed by atoms with Crippen molar-refractivity contribution >= 4 is 0 Å². The highest BCUT2D eigenvalue weighted by Crippen LogP contribution is 2.44. The first-order valence-corrected chi connectivity index (χ1v) is 13.8. The monoisotopic (exact) mass is 530 g/mol. The molecular formula is C34H42O5. The summed E-state index contributed by atoms with van der Waals surface area (Å²) in [4.78, 5) is 0. The smallest absolute Gasteiger partial charge is 0.123 e. The molecule has 0 amide bonds. The number of allylic oxidation sites excluding steroid dienone is 4. The Morgan fingerprint density at radius 2 is 1.03 bits per heavy atom. The lowest BCUT2D eigenvalue weighted by Crippen LogP contribution is -2.40. The van der Waals surface area contributed by atoms with Crippen molar-refractivity contribution in [2.45, 2.75) is 48.7 Å². The molecular weight excluding hydrogens is 488 g/mol. The summed E-state index contributed by atoms with van der Waals surface area (Å²) in [6.45, 7) is 1.35. The van der Waals surface area contributed by atoms with Crippen LogP contribution in [0.1, 0.15) is 36.8 Å². The molecule has 0 N–H and O–H groups in total. The van der Waals surface area contributed by atoms with E-state index in [-0.39, 0.29) is 23.0 Å². The number of hydrogen-bond donors (Lipinski definition) is 0. The highest BCUT2D eigenvalue weighted by molar-refractivity contribution is 5.48. The van der Waals surface area contributed by atoms with Crippen LogP contribution in [-0.4, -0.2) is 53.9 Å². The van der Waals surface area contributed by atoms with Gasteiger partial charge in [-0.1, -0.05) is 85.0 Å². The van der Waals surface area contributed by atoms with Gasteiger partial charge in [-0.05, 0) is 37.8 Å². The summed E-state index contributed by atoms with van der Waals surface area (Å²) in [5.74, 6) is 1.76. The third-order valence-corrected chi connectivity index (χ3v) is 8.08. The highest BCUT2D eigenvalue weighted by Gasteiger charge is 2.41. The molecule has 0 heterocycles. The minimum absolute atomic E-state index is 0.0726. The zero-order valence-electron chi connectivity index (χ0n) is 23.7. The molecule has 4 atom stereocenters. The fourth-order valence-electron chi connectivity index (χ4n) is 6.20. The van der Waals surface area contributed by atoms with E-state index < -0.39 is 0 Å². The first-order valence-electron chi connectivity index (χ1n) is 13.8. The van der Waals surface area contributed by atoms with Gasteiger partial charge in [0.25, 0.3) is 0 Å². The van der Waals surface area contributed by atoms with Crippen molar-refractivity contribution in [3.05, 3.63) is 108 Å². The number of rotatable bonds is 14. The molecule has 0 radical (unpaired) electrons. The summed E-state index contributed by atoms with van der Waals surface area (Å²) in [6.07, 6.45) is 20.5. The molecule has 2 aliphatic carbocycles. The molecule has 208 valence electrons. The van der Waals surface area contributed by atoms with Crippen molar-refractivity contribution in [2.24, 2.45) is 0 Å². The summed E-state index contributed by atoms with van der Waals surface area (Å²) in [7, 11) is 7.00. The summed E-state index contributed by atoms with van der Waals surface area (Å²) < 4.78 is 29.6. The largest absolute Gasteiger partial charge is 0.496 e. The Bertz CT molecular complexity index is 1090. The van der Waals surface area contributed by atoms with E-state index in [4.69, 9.17) is 23.7 Å². The van der Waals surface area contributed by atoms with Gasteiger partial charge < -0.3 is 23.7 Å². The van der Waals surface area contributed by atoms with Gasteiger partial charge in [-0.2, -0.15) is 0 Å². The second-order valence-electron chi connectivity index (χ2n) is 10.1. The molecule has 0 saturated heterocycles. The van der Waals surface area contributed by atoms with Gasteiger partial charge >= 0.3 is 0 Å². The van der Waals surface area contributed by atoms with Crippen molar-refractivity contribution in [2.75, 3.05) is 41.7 Å². The van der Waals surface area contributed by atoms with Crippen LogP contribution in [0, 0.1) is 0 Å². The quantitative estimate of drug-likeness (QED) is 0.253. The van der Waals surface area contributed by atoms with Crippen LogP contribution < -0.4 is 9.47 Å². The van der Waals surface area contributed by atoms with Crippen molar-refractivity contribution in [1.29, 1.82) is 0 Å². The van der Waals surface area contributed by atoms with E-state index in [0.717, 1.165) is 48.3 Å². The number of ether oxygens (including phenoxy) is 5. The fraction of sp³-hybridized carbons (Fsp3) is 0.412. The Balaban J connectivity index is 1.39. The molecule has 39 heavy (non-hydrogen) atoms. The van der Waals surface area contributed by atoms with E-state index in [2.05, 4.69) is 72.9 Å². The molecule has 0 bridgehead atoms. The molecule has 5 heteroatoms. The van der Waals surface area contributed by atoms with Gasteiger partial charge in [0.05, 0.1) is 26.4 Å². The fourth-order valence-corrected chi connectivity index (χ4v) is 6.20. The highest BCUT2D eigenvalue weighted by atomic mass is 16.5. The molecule has 2 aliphatic rings. The van der Waals surface area contributed by atoms with Crippen molar-refractivity contribution < 1.29 is 23.7 Å². The van der Waals surface area contributed by atoms with Crippen LogP contribution in [0.2, 0.25) is 0 Å². The molecule has 2 aromatic carbocycles. The maximum atomic E-state index is 6.20. The van der Waals surface area contributed by atoms with E-state index >= 15 is 0 Å². The third-order valence-electron chi connectivity index (χ3n) is 8.08. The van der Waals surface area contributed by atoms with Crippen LogP contribution in [0.5, 0.6) is 11.5 Å². The standard InChI is InChI=1S/C34H42O5/c1-35-29-17-7-5-15-27(29)33(21-11-9-19-31(33)37-3)23-13-25-39-26-14-24-34(22-12-10-20-32(34)38-4)28-16-6-8-18-30(28)36-2/h5-12,15-22,31-32H,13-14,23-26H2,1-4H3. The summed E-state index contributed by atoms with van der Waals surface area (Å²) in [5.41, 5.74) is 1.67. The Labute approximate surface area is 233 Å². The lowest BCUT2D eigenvalue weighted by molar-refractivity contribution is 0.0624. The summed E-state index contributed by atoms with van der Waals surface area (Å²) in [5, 5.41) is 0. The lowest BCUT2D eigenvalue weighted by atomic mass is 9.69. The van der Waals surface area contributed by atoms with E-state index in [1.807, 2.05) is 24.3 Å². The molecule has 0 aromatic heterocycles. The van der Waals surface area contributed by atoms with E-state index in [1.165, 1.54) is 0 Å². The average Bonchev–Trinajstić information content (AvgIpc) is 3.00. The van der Waals surface area contributed by atoms with Crippen LogP contribution in [0.25, 0.3) is 0 Å². The van der Waals surface area contributed by atoms with Gasteiger partial charge in [-0.25, -0.2) is 0 Å². The second kappa shape index (κ2) is 13.8. The van der Waals surface area contributed by atoms with E-state index in [1.54, 1.807) is 28.4 Å². The van der Waals surface area contributed by atoms with Crippen LogP contribution >= 0.6 is 0 Å². The maximum Gasteiger partial charge on any atom is 0.123 e. The molecule has 0 fully saturated rings. The van der Waals surface area contributed by atoms with Crippen molar-refractivity contribution in [3.8, 4) is 11.5 Å². The predicted molar refractivity (Wildman–Crippen MR) is 157 cm³/mol. The van der Waals surface area contributed by atoms with Gasteiger partial charge in [0.2, 0.25) is 0 Å². The second-order valence-corrected chi connectivity index (χ2v) is 10.1. The van der Waals surface area contributed by atoms with Gasteiger partial charge in [-0.3, -0.25) is 0 Å². The van der Waals surface area contributed by atoms with Gasteiger partial charge in [-0.15, -0.1) is 0 Å². The zero-order chi connectivity index (χ0) is 27.6. The van der Waals surface area contributed by atoms with Crippen molar-refractivity contribution in [1.82, 2.24) is 0 Å². The van der Waals surface area contributed by atoms with Crippen LogP contribution in [0.3, 0.4) is 0 Å². The Kier molecular flexibility index (Phi) is 10.2. The number of methoxy groups -OCH3 is 4. The summed E-state index contributed by atoms with van der Waals surface area (Å²) >= 11 is 0. The average molecular weight is 531 g/mol. The van der Waals surface area contributed by atoms with Crippen LogP contribution in [-0.2, 0) is 25.0 Å². The van der Waals surface area contributed by atoms with Crippen LogP contribution in [0.4, 0.5) is 0 Å². The summed E-state index contributed by atoms with van der Waals surface area (Å²) in [6, 6.07) is 16.5. The molecule has 4 rings (SSSR count).